The summed E-state index contributed by atoms with van der Waals surface area (Å²) in [6, 6.07) is 6.17. The Bertz CT molecular complexity index is 633. The molecule has 0 saturated heterocycles. The molecular weight excluding hydrogens is 244 g/mol. The number of aliphatic carboxylic acids is 1. The van der Waals surface area contributed by atoms with Gasteiger partial charge in [0.15, 0.2) is 0 Å². The van der Waals surface area contributed by atoms with Gasteiger partial charge in [0, 0.05) is 17.5 Å². The second-order valence-corrected chi connectivity index (χ2v) is 4.74. The van der Waals surface area contributed by atoms with Crippen LogP contribution < -0.4 is 0 Å². The van der Waals surface area contributed by atoms with Crippen LogP contribution in [0.4, 0.5) is 0 Å². The van der Waals surface area contributed by atoms with Crippen LogP contribution in [0.3, 0.4) is 0 Å². The maximum Gasteiger partial charge on any atom is 0.326 e. The molecule has 1 aromatic carbocycles. The summed E-state index contributed by atoms with van der Waals surface area (Å²) in [5, 5.41) is 18.9. The fourth-order valence-corrected chi connectivity index (χ4v) is 2.63. The predicted molar refractivity (Wildman–Crippen MR) is 68.9 cm³/mol. The first kappa shape index (κ1) is 11.8. The van der Waals surface area contributed by atoms with Crippen LogP contribution in [0, 0.1) is 0 Å². The fourth-order valence-electron chi connectivity index (χ4n) is 2.63. The highest BCUT2D eigenvalue weighted by Gasteiger charge is 2.28. The molecule has 0 radical (unpaired) electrons. The number of fused-ring (bicyclic) bond motifs is 1. The molecule has 2 heterocycles. The normalized spacial score (nSPS) is 18.0. The van der Waals surface area contributed by atoms with Crippen LogP contribution in [0.2, 0.25) is 0 Å². The number of nitrogens with zero attached hydrogens (tertiary/aromatic N) is 2. The van der Waals surface area contributed by atoms with Crippen LogP contribution >= 0.6 is 0 Å². The number of aryl methyl sites for hydroxylation is 1. The number of phenols is 1. The van der Waals surface area contributed by atoms with Gasteiger partial charge >= 0.3 is 5.97 Å². The Kier molecular flexibility index (Phi) is 2.74. The zero-order chi connectivity index (χ0) is 13.4. The van der Waals surface area contributed by atoms with E-state index >= 15 is 0 Å². The molecule has 0 amide bonds. The van der Waals surface area contributed by atoms with Crippen LogP contribution in [-0.4, -0.2) is 25.7 Å². The van der Waals surface area contributed by atoms with E-state index in [1.165, 1.54) is 0 Å². The van der Waals surface area contributed by atoms with Gasteiger partial charge in [-0.25, -0.2) is 9.78 Å². The standard InChI is InChI=1S/C14H14N2O3/c17-11-5-1-3-9(7-11)13-15-8-10-4-2-6-12(14(18)19)16(10)13/h1,3,5,7-8,12,17H,2,4,6H2,(H,18,19). The third-order valence-corrected chi connectivity index (χ3v) is 3.49. The average molecular weight is 258 g/mol. The number of carbonyl (C=O) groups is 1. The summed E-state index contributed by atoms with van der Waals surface area (Å²) >= 11 is 0. The van der Waals surface area contributed by atoms with Crippen LogP contribution in [0.25, 0.3) is 11.4 Å². The lowest BCUT2D eigenvalue weighted by atomic mass is 10.0. The van der Waals surface area contributed by atoms with Crippen LogP contribution in [-0.2, 0) is 11.2 Å². The molecule has 2 aromatic rings. The van der Waals surface area contributed by atoms with Crippen molar-refractivity contribution in [3.05, 3.63) is 36.2 Å². The van der Waals surface area contributed by atoms with Crippen molar-refractivity contribution >= 4 is 5.97 Å². The molecule has 1 aliphatic heterocycles. The first-order chi connectivity index (χ1) is 9.16. The van der Waals surface area contributed by atoms with Crippen molar-refractivity contribution in [1.82, 2.24) is 9.55 Å². The molecule has 98 valence electrons. The summed E-state index contributed by atoms with van der Waals surface area (Å²) in [5.41, 5.74) is 1.68. The number of imidazole rings is 1. The van der Waals surface area contributed by atoms with Crippen LogP contribution in [0.5, 0.6) is 5.75 Å². The van der Waals surface area contributed by atoms with Crippen molar-refractivity contribution in [3.63, 3.8) is 0 Å². The zero-order valence-electron chi connectivity index (χ0n) is 10.3. The minimum absolute atomic E-state index is 0.150. The highest BCUT2D eigenvalue weighted by atomic mass is 16.4. The van der Waals surface area contributed by atoms with Crippen LogP contribution in [0.15, 0.2) is 30.5 Å². The van der Waals surface area contributed by atoms with E-state index in [1.54, 1.807) is 29.0 Å². The first-order valence-electron chi connectivity index (χ1n) is 6.25. The summed E-state index contributed by atoms with van der Waals surface area (Å²) in [6.07, 6.45) is 4.05. The lowest BCUT2D eigenvalue weighted by molar-refractivity contribution is -0.141. The number of phenolic OH excluding ortho intramolecular Hbond substituents is 1. The molecule has 0 bridgehead atoms. The smallest absolute Gasteiger partial charge is 0.326 e. The molecule has 5 nitrogen and oxygen atoms in total. The van der Waals surface area contributed by atoms with E-state index < -0.39 is 12.0 Å². The maximum atomic E-state index is 11.4. The van der Waals surface area contributed by atoms with E-state index in [4.69, 9.17) is 0 Å². The molecule has 1 unspecified atom stereocenters. The van der Waals surface area contributed by atoms with Crippen molar-refractivity contribution in [3.8, 4) is 17.1 Å². The molecule has 1 aliphatic rings. The topological polar surface area (TPSA) is 75.3 Å². The predicted octanol–water partition coefficient (Wildman–Crippen LogP) is 2.22. The number of carboxylic acid groups (broad SMARTS) is 1. The molecule has 1 atom stereocenters. The molecule has 0 fully saturated rings. The van der Waals surface area contributed by atoms with Crippen molar-refractivity contribution < 1.29 is 15.0 Å². The van der Waals surface area contributed by atoms with Gasteiger partial charge in [0.1, 0.15) is 17.6 Å². The molecule has 19 heavy (non-hydrogen) atoms. The monoisotopic (exact) mass is 258 g/mol. The Morgan fingerprint density at radius 3 is 3.00 bits per heavy atom. The van der Waals surface area contributed by atoms with E-state index in [-0.39, 0.29) is 5.75 Å². The van der Waals surface area contributed by atoms with Gasteiger partial charge in [-0.05, 0) is 31.4 Å². The number of hydrogen-bond donors (Lipinski definition) is 2. The summed E-state index contributed by atoms with van der Waals surface area (Å²) in [5.74, 6) is -0.0733. The minimum atomic E-state index is -0.833. The second-order valence-electron chi connectivity index (χ2n) is 4.74. The molecule has 5 heteroatoms. The van der Waals surface area contributed by atoms with Crippen molar-refractivity contribution in [2.75, 3.05) is 0 Å². The van der Waals surface area contributed by atoms with Crippen molar-refractivity contribution in [1.29, 1.82) is 0 Å². The lowest BCUT2D eigenvalue weighted by Gasteiger charge is -2.24. The number of rotatable bonds is 2. The number of hydrogen-bond acceptors (Lipinski definition) is 3. The van der Waals surface area contributed by atoms with Gasteiger partial charge in [0.05, 0.1) is 0 Å². The number of aromatic nitrogens is 2. The van der Waals surface area contributed by atoms with Crippen molar-refractivity contribution in [2.24, 2.45) is 0 Å². The quantitative estimate of drug-likeness (QED) is 0.866. The van der Waals surface area contributed by atoms with Gasteiger partial charge < -0.3 is 14.8 Å². The molecule has 0 saturated carbocycles. The van der Waals surface area contributed by atoms with Gasteiger partial charge in [-0.2, -0.15) is 0 Å². The Labute approximate surface area is 110 Å². The fraction of sp³-hybridized carbons (Fsp3) is 0.286. The summed E-state index contributed by atoms with van der Waals surface area (Å²) < 4.78 is 1.78. The van der Waals surface area contributed by atoms with E-state index in [2.05, 4.69) is 4.98 Å². The summed E-state index contributed by atoms with van der Waals surface area (Å²) in [6.45, 7) is 0. The van der Waals surface area contributed by atoms with Gasteiger partial charge in [0.25, 0.3) is 0 Å². The maximum absolute atomic E-state index is 11.4. The molecule has 0 aliphatic carbocycles. The average Bonchev–Trinajstić information content (AvgIpc) is 2.82. The van der Waals surface area contributed by atoms with Crippen LogP contribution in [0.1, 0.15) is 24.6 Å². The Morgan fingerprint density at radius 2 is 2.26 bits per heavy atom. The summed E-state index contributed by atoms with van der Waals surface area (Å²) in [4.78, 5) is 15.7. The number of carboxylic acids is 1. The van der Waals surface area contributed by atoms with Crippen molar-refractivity contribution in [2.45, 2.75) is 25.3 Å². The van der Waals surface area contributed by atoms with Gasteiger partial charge in [-0.3, -0.25) is 0 Å². The zero-order valence-corrected chi connectivity index (χ0v) is 10.3. The van der Waals surface area contributed by atoms with Gasteiger partial charge in [-0.15, -0.1) is 0 Å². The van der Waals surface area contributed by atoms with Gasteiger partial charge in [0.2, 0.25) is 0 Å². The highest BCUT2D eigenvalue weighted by molar-refractivity contribution is 5.74. The lowest BCUT2D eigenvalue weighted by Crippen LogP contribution is -2.25. The first-order valence-corrected chi connectivity index (χ1v) is 6.25. The Morgan fingerprint density at radius 1 is 1.42 bits per heavy atom. The largest absolute Gasteiger partial charge is 0.508 e. The van der Waals surface area contributed by atoms with E-state index in [9.17, 15) is 15.0 Å². The Balaban J connectivity index is 2.14. The van der Waals surface area contributed by atoms with E-state index in [0.717, 1.165) is 24.1 Å². The number of aromatic hydroxyl groups is 1. The summed E-state index contributed by atoms with van der Waals surface area (Å²) in [7, 11) is 0. The minimum Gasteiger partial charge on any atom is -0.508 e. The molecule has 2 N–H and O–H groups in total. The third kappa shape index (κ3) is 1.97. The molecular formula is C14H14N2O3. The Hall–Kier alpha value is -2.30. The second kappa shape index (κ2) is 4.42. The van der Waals surface area contributed by atoms with E-state index in [1.807, 2.05) is 6.07 Å². The number of benzene rings is 1. The third-order valence-electron chi connectivity index (χ3n) is 3.49. The molecule has 1 aromatic heterocycles. The highest BCUT2D eigenvalue weighted by Crippen LogP contribution is 2.32. The molecule has 0 spiro atoms. The van der Waals surface area contributed by atoms with E-state index in [0.29, 0.717) is 12.2 Å². The SMILES string of the molecule is O=C(O)C1CCCc2cnc(-c3cccc(O)c3)n21. The van der Waals surface area contributed by atoms with Gasteiger partial charge in [-0.1, -0.05) is 12.1 Å². The molecule has 3 rings (SSSR count).